The van der Waals surface area contributed by atoms with Gasteiger partial charge in [-0.2, -0.15) is 0 Å². The Morgan fingerprint density at radius 3 is 2.87 bits per heavy atom. The Morgan fingerprint density at radius 2 is 2.13 bits per heavy atom. The normalized spacial score (nSPS) is 10.3. The molecule has 0 fully saturated rings. The Kier molecular flexibility index (Phi) is 6.10. The Labute approximate surface area is 138 Å². The number of hydrogen-bond donors (Lipinski definition) is 2. The fourth-order valence-electron chi connectivity index (χ4n) is 1.94. The molecule has 2 amide bonds. The van der Waals surface area contributed by atoms with Crippen molar-refractivity contribution in [3.8, 4) is 5.75 Å². The van der Waals surface area contributed by atoms with Crippen molar-refractivity contribution < 1.29 is 14.3 Å². The van der Waals surface area contributed by atoms with Gasteiger partial charge in [0.05, 0.1) is 18.7 Å². The van der Waals surface area contributed by atoms with E-state index in [0.717, 1.165) is 11.3 Å². The maximum Gasteiger partial charge on any atom is 0.226 e. The summed E-state index contributed by atoms with van der Waals surface area (Å²) in [4.78, 5) is 26.8. The van der Waals surface area contributed by atoms with Crippen molar-refractivity contribution >= 4 is 28.3 Å². The van der Waals surface area contributed by atoms with Crippen LogP contribution in [0.15, 0.2) is 29.6 Å². The predicted molar refractivity (Wildman–Crippen MR) is 89.6 cm³/mol. The van der Waals surface area contributed by atoms with Gasteiger partial charge in [-0.3, -0.25) is 9.59 Å². The van der Waals surface area contributed by atoms with Gasteiger partial charge in [0.15, 0.2) is 5.13 Å². The van der Waals surface area contributed by atoms with E-state index in [1.165, 1.54) is 11.3 Å². The Hall–Kier alpha value is -2.41. The van der Waals surface area contributed by atoms with Crippen LogP contribution in [-0.2, 0) is 16.0 Å². The topological polar surface area (TPSA) is 94.3 Å². The third-order valence-electron chi connectivity index (χ3n) is 3.05. The van der Waals surface area contributed by atoms with Crippen molar-refractivity contribution in [2.75, 3.05) is 11.9 Å². The zero-order chi connectivity index (χ0) is 16.7. The van der Waals surface area contributed by atoms with Crippen molar-refractivity contribution in [1.82, 2.24) is 4.98 Å². The third kappa shape index (κ3) is 5.71. The van der Waals surface area contributed by atoms with E-state index in [9.17, 15) is 9.59 Å². The van der Waals surface area contributed by atoms with Gasteiger partial charge in [-0.15, -0.1) is 11.3 Å². The molecule has 23 heavy (non-hydrogen) atoms. The van der Waals surface area contributed by atoms with Crippen molar-refractivity contribution in [2.45, 2.75) is 26.2 Å². The van der Waals surface area contributed by atoms with E-state index in [-0.39, 0.29) is 12.3 Å². The molecule has 0 saturated carbocycles. The highest BCUT2D eigenvalue weighted by Crippen LogP contribution is 2.17. The van der Waals surface area contributed by atoms with Crippen LogP contribution in [0.5, 0.6) is 5.75 Å². The van der Waals surface area contributed by atoms with Crippen LogP contribution in [0.1, 0.15) is 24.1 Å². The summed E-state index contributed by atoms with van der Waals surface area (Å²) in [5.74, 6) is 0.267. The smallest absolute Gasteiger partial charge is 0.226 e. The van der Waals surface area contributed by atoms with Gasteiger partial charge in [0.1, 0.15) is 5.75 Å². The molecule has 0 aliphatic rings. The van der Waals surface area contributed by atoms with E-state index in [2.05, 4.69) is 10.3 Å². The average molecular weight is 333 g/mol. The molecule has 0 radical (unpaired) electrons. The van der Waals surface area contributed by atoms with Crippen molar-refractivity contribution in [2.24, 2.45) is 5.73 Å². The lowest BCUT2D eigenvalue weighted by atomic mass is 10.2. The molecular weight excluding hydrogens is 314 g/mol. The maximum absolute atomic E-state index is 11.8. The van der Waals surface area contributed by atoms with Crippen LogP contribution in [0.4, 0.5) is 5.13 Å². The molecule has 122 valence electrons. The Balaban J connectivity index is 1.70. The van der Waals surface area contributed by atoms with Gasteiger partial charge < -0.3 is 15.8 Å². The molecule has 0 atom stereocenters. The van der Waals surface area contributed by atoms with Crippen molar-refractivity contribution in [3.63, 3.8) is 0 Å². The van der Waals surface area contributed by atoms with Gasteiger partial charge >= 0.3 is 0 Å². The molecule has 1 aromatic carbocycles. The zero-order valence-corrected chi connectivity index (χ0v) is 13.7. The molecule has 2 aromatic rings. The number of ether oxygens (including phenoxy) is 1. The third-order valence-corrected chi connectivity index (χ3v) is 3.86. The monoisotopic (exact) mass is 333 g/mol. The van der Waals surface area contributed by atoms with Crippen molar-refractivity contribution in [3.05, 3.63) is 40.9 Å². The summed E-state index contributed by atoms with van der Waals surface area (Å²) >= 11 is 1.28. The number of anilines is 1. The first-order chi connectivity index (χ1) is 11.0. The maximum atomic E-state index is 11.8. The predicted octanol–water partition coefficient (Wildman–Crippen LogP) is 2.28. The number of nitrogens with two attached hydrogens (primary N) is 1. The van der Waals surface area contributed by atoms with Crippen molar-refractivity contribution in [1.29, 1.82) is 0 Å². The number of hydrogen-bond acceptors (Lipinski definition) is 5. The molecule has 2 rings (SSSR count). The summed E-state index contributed by atoms with van der Waals surface area (Å²) in [7, 11) is 0. The first-order valence-corrected chi connectivity index (χ1v) is 8.13. The summed E-state index contributed by atoms with van der Waals surface area (Å²) in [6, 6.07) is 7.76. The summed E-state index contributed by atoms with van der Waals surface area (Å²) < 4.78 is 5.64. The van der Waals surface area contributed by atoms with Gasteiger partial charge in [0, 0.05) is 11.8 Å². The average Bonchev–Trinajstić information content (AvgIpc) is 2.91. The fourth-order valence-corrected chi connectivity index (χ4v) is 2.67. The molecule has 0 saturated heterocycles. The van der Waals surface area contributed by atoms with Crippen LogP contribution in [0, 0.1) is 6.92 Å². The number of thiazole rings is 1. The Morgan fingerprint density at radius 1 is 1.35 bits per heavy atom. The number of nitrogens with one attached hydrogen (secondary N) is 1. The minimum Gasteiger partial charge on any atom is -0.493 e. The highest BCUT2D eigenvalue weighted by atomic mass is 32.1. The number of rotatable bonds is 8. The van der Waals surface area contributed by atoms with Gasteiger partial charge in [0.25, 0.3) is 0 Å². The molecular formula is C16H19N3O3S. The number of benzene rings is 1. The zero-order valence-electron chi connectivity index (χ0n) is 12.9. The van der Waals surface area contributed by atoms with Crippen LogP contribution in [0.25, 0.3) is 0 Å². The second-order valence-electron chi connectivity index (χ2n) is 5.05. The van der Waals surface area contributed by atoms with Crippen LogP contribution in [0.3, 0.4) is 0 Å². The molecule has 0 unspecified atom stereocenters. The largest absolute Gasteiger partial charge is 0.493 e. The highest BCUT2D eigenvalue weighted by Gasteiger charge is 2.08. The van der Waals surface area contributed by atoms with Crippen LogP contribution in [-0.4, -0.2) is 23.4 Å². The number of para-hydroxylation sites is 1. The number of primary amides is 1. The quantitative estimate of drug-likeness (QED) is 0.725. The minimum absolute atomic E-state index is 0.0800. The highest BCUT2D eigenvalue weighted by molar-refractivity contribution is 7.13. The molecule has 0 spiro atoms. The lowest BCUT2D eigenvalue weighted by molar-refractivity contribution is -0.117. The lowest BCUT2D eigenvalue weighted by Crippen LogP contribution is -2.15. The molecule has 3 N–H and O–H groups in total. The minimum atomic E-state index is -0.443. The van der Waals surface area contributed by atoms with E-state index in [1.807, 2.05) is 31.2 Å². The number of carbonyl (C=O) groups is 2. The number of aromatic nitrogens is 1. The summed E-state index contributed by atoms with van der Waals surface area (Å²) in [6.45, 7) is 2.46. The van der Waals surface area contributed by atoms with E-state index in [0.29, 0.717) is 30.3 Å². The van der Waals surface area contributed by atoms with Crippen LogP contribution < -0.4 is 15.8 Å². The lowest BCUT2D eigenvalue weighted by Gasteiger charge is -2.08. The van der Waals surface area contributed by atoms with E-state index in [1.54, 1.807) is 5.38 Å². The number of nitrogens with zero attached hydrogens (tertiary/aromatic N) is 1. The molecule has 0 bridgehead atoms. The van der Waals surface area contributed by atoms with Gasteiger partial charge in [-0.05, 0) is 25.0 Å². The van der Waals surface area contributed by atoms with Gasteiger partial charge in [0.2, 0.25) is 11.8 Å². The van der Waals surface area contributed by atoms with Gasteiger partial charge in [-0.1, -0.05) is 18.2 Å². The SMILES string of the molecule is Cc1ccccc1OCCCC(=O)Nc1nc(CC(N)=O)cs1. The molecule has 0 aliphatic carbocycles. The fraction of sp³-hybridized carbons (Fsp3) is 0.312. The second-order valence-corrected chi connectivity index (χ2v) is 5.91. The van der Waals surface area contributed by atoms with Gasteiger partial charge in [-0.25, -0.2) is 4.98 Å². The number of amides is 2. The van der Waals surface area contributed by atoms with E-state index in [4.69, 9.17) is 10.5 Å². The molecule has 1 heterocycles. The molecule has 0 aliphatic heterocycles. The summed E-state index contributed by atoms with van der Waals surface area (Å²) in [6.07, 6.45) is 1.03. The van der Waals surface area contributed by atoms with Crippen LogP contribution >= 0.6 is 11.3 Å². The second kappa shape index (κ2) is 8.28. The number of aryl methyl sites for hydroxylation is 1. The van der Waals surface area contributed by atoms with E-state index < -0.39 is 5.91 Å². The molecule has 7 heteroatoms. The number of carbonyl (C=O) groups excluding carboxylic acids is 2. The Bertz CT molecular complexity index is 685. The first-order valence-electron chi connectivity index (χ1n) is 7.25. The molecule has 6 nitrogen and oxygen atoms in total. The standard InChI is InChI=1S/C16H19N3O3S/c1-11-5-2-3-6-13(11)22-8-4-7-15(21)19-16-18-12(10-23-16)9-14(17)20/h2-3,5-6,10H,4,7-9H2,1H3,(H2,17,20)(H,18,19,21). The van der Waals surface area contributed by atoms with Crippen LogP contribution in [0.2, 0.25) is 0 Å². The summed E-state index contributed by atoms with van der Waals surface area (Å²) in [5, 5.41) is 4.89. The van der Waals surface area contributed by atoms with E-state index >= 15 is 0 Å². The summed E-state index contributed by atoms with van der Waals surface area (Å²) in [5.41, 5.74) is 6.74. The molecule has 1 aromatic heterocycles. The first kappa shape index (κ1) is 17.0.